The standard InChI is InChI=1S/C24H25F3N4O5/c1-12-7-24(36-31(12)9-13-2-3-14(26)6-17(13)27)5-4-15(8-25)29-11-18(24)30-10-16(22(28)34)20(32)21(33)19(30)23(29)35/h2-3,6,10,12,15,18,33H,4-5,7-9,11H2,1H3,(H2,28,34)/t12?,15-,18-,24+/m1/s1. The van der Waals surface area contributed by atoms with Crippen LogP contribution in [0.3, 0.4) is 0 Å². The zero-order valence-corrected chi connectivity index (χ0v) is 19.4. The minimum absolute atomic E-state index is 0.00570. The van der Waals surface area contributed by atoms with Crippen molar-refractivity contribution in [3.05, 3.63) is 63.1 Å². The first-order valence-electron chi connectivity index (χ1n) is 11.6. The van der Waals surface area contributed by atoms with E-state index in [2.05, 4.69) is 0 Å². The number of rotatable bonds is 4. The average Bonchev–Trinajstić information content (AvgIpc) is 3.06. The first-order chi connectivity index (χ1) is 17.1. The average molecular weight is 506 g/mol. The van der Waals surface area contributed by atoms with Crippen LogP contribution in [0.1, 0.15) is 58.6 Å². The minimum Gasteiger partial charge on any atom is -0.503 e. The molecule has 4 atom stereocenters. The van der Waals surface area contributed by atoms with E-state index < -0.39 is 64.5 Å². The molecule has 2 fully saturated rings. The van der Waals surface area contributed by atoms with Gasteiger partial charge in [-0.2, -0.15) is 5.06 Å². The Kier molecular flexibility index (Phi) is 5.83. The van der Waals surface area contributed by atoms with Crippen LogP contribution in [-0.2, 0) is 11.4 Å². The molecule has 0 saturated carbocycles. The summed E-state index contributed by atoms with van der Waals surface area (Å²) in [6.07, 6.45) is 2.08. The summed E-state index contributed by atoms with van der Waals surface area (Å²) in [5, 5.41) is 12.2. The number of aromatic nitrogens is 1. The monoisotopic (exact) mass is 506 g/mol. The number of amides is 2. The Bertz CT molecular complexity index is 1320. The summed E-state index contributed by atoms with van der Waals surface area (Å²) in [7, 11) is 0. The van der Waals surface area contributed by atoms with E-state index in [1.54, 1.807) is 5.06 Å². The van der Waals surface area contributed by atoms with E-state index in [-0.39, 0.29) is 36.8 Å². The van der Waals surface area contributed by atoms with Crippen molar-refractivity contribution in [2.24, 2.45) is 5.73 Å². The van der Waals surface area contributed by atoms with Crippen LogP contribution in [0.5, 0.6) is 5.75 Å². The molecule has 0 radical (unpaired) electrons. The summed E-state index contributed by atoms with van der Waals surface area (Å²) >= 11 is 0. The fraction of sp³-hybridized carbons (Fsp3) is 0.458. The highest BCUT2D eigenvalue weighted by Gasteiger charge is 2.56. The number of pyridine rings is 1. The zero-order valence-electron chi connectivity index (χ0n) is 19.4. The predicted molar refractivity (Wildman–Crippen MR) is 120 cm³/mol. The Labute approximate surface area is 203 Å². The first-order valence-corrected chi connectivity index (χ1v) is 11.6. The Hall–Kier alpha value is -3.38. The van der Waals surface area contributed by atoms with Crippen LogP contribution in [0.4, 0.5) is 13.2 Å². The first kappa shape index (κ1) is 24.3. The number of hydrogen-bond donors (Lipinski definition) is 2. The van der Waals surface area contributed by atoms with E-state index in [0.29, 0.717) is 12.8 Å². The molecule has 12 heteroatoms. The van der Waals surface area contributed by atoms with E-state index in [1.165, 1.54) is 15.5 Å². The molecule has 2 saturated heterocycles. The number of hydrogen-bond acceptors (Lipinski definition) is 6. The number of carbonyl (C=O) groups is 2. The van der Waals surface area contributed by atoms with Gasteiger partial charge in [0.05, 0.1) is 18.6 Å². The molecule has 3 N–H and O–H groups in total. The van der Waals surface area contributed by atoms with Crippen LogP contribution in [0.2, 0.25) is 0 Å². The molecule has 2 bridgehead atoms. The summed E-state index contributed by atoms with van der Waals surface area (Å²) in [6.45, 7) is 1.04. The summed E-state index contributed by atoms with van der Waals surface area (Å²) in [5.41, 5.74) is 2.59. The van der Waals surface area contributed by atoms with E-state index in [9.17, 15) is 32.7 Å². The normalized spacial score (nSPS) is 27.8. The third kappa shape index (κ3) is 3.66. The molecule has 2 aromatic rings. The summed E-state index contributed by atoms with van der Waals surface area (Å²) in [4.78, 5) is 45.4. The Morgan fingerprint density at radius 2 is 2.06 bits per heavy atom. The fourth-order valence-corrected chi connectivity index (χ4v) is 5.69. The van der Waals surface area contributed by atoms with Crippen molar-refractivity contribution >= 4 is 11.8 Å². The number of hydroxylamine groups is 2. The molecule has 1 aromatic heterocycles. The lowest BCUT2D eigenvalue weighted by Gasteiger charge is -2.42. The number of primary amides is 1. The fourth-order valence-electron chi connectivity index (χ4n) is 5.69. The third-order valence-corrected chi connectivity index (χ3v) is 7.54. The largest absolute Gasteiger partial charge is 0.503 e. The second-order valence-corrected chi connectivity index (χ2v) is 9.68. The van der Waals surface area contributed by atoms with E-state index in [0.717, 1.165) is 18.3 Å². The quantitative estimate of drug-likeness (QED) is 0.655. The molecule has 1 spiro atoms. The van der Waals surface area contributed by atoms with Crippen molar-refractivity contribution in [3.63, 3.8) is 0 Å². The van der Waals surface area contributed by atoms with Crippen molar-refractivity contribution in [2.45, 2.75) is 56.5 Å². The SMILES string of the molecule is CC1C[C@]2(CC[C@H](CF)N3C[C@H]2n2cc(C(N)=O)c(=O)c(O)c2C3=O)ON1Cc1ccc(F)cc1F. The maximum atomic E-state index is 14.4. The lowest BCUT2D eigenvalue weighted by Crippen LogP contribution is -2.53. The maximum absolute atomic E-state index is 14.4. The lowest BCUT2D eigenvalue weighted by atomic mass is 9.84. The molecular formula is C24H25F3N4O5. The summed E-state index contributed by atoms with van der Waals surface area (Å²) < 4.78 is 43.1. The molecule has 9 nitrogen and oxygen atoms in total. The highest BCUT2D eigenvalue weighted by Crippen LogP contribution is 2.49. The molecule has 0 aliphatic carbocycles. The molecule has 5 rings (SSSR count). The van der Waals surface area contributed by atoms with Gasteiger partial charge in [0.1, 0.15) is 29.5 Å². The second kappa shape index (κ2) is 8.63. The zero-order chi connectivity index (χ0) is 25.9. The second-order valence-electron chi connectivity index (χ2n) is 9.68. The Balaban J connectivity index is 1.60. The van der Waals surface area contributed by atoms with Crippen LogP contribution < -0.4 is 11.2 Å². The van der Waals surface area contributed by atoms with Gasteiger partial charge in [0.15, 0.2) is 11.4 Å². The van der Waals surface area contributed by atoms with Crippen molar-refractivity contribution < 1.29 is 32.7 Å². The van der Waals surface area contributed by atoms with Crippen molar-refractivity contribution in [1.82, 2.24) is 14.5 Å². The highest BCUT2D eigenvalue weighted by molar-refractivity contribution is 5.99. The van der Waals surface area contributed by atoms with Gasteiger partial charge in [-0.3, -0.25) is 19.2 Å². The van der Waals surface area contributed by atoms with E-state index in [1.807, 2.05) is 6.92 Å². The van der Waals surface area contributed by atoms with Crippen LogP contribution in [0.15, 0.2) is 29.2 Å². The van der Waals surface area contributed by atoms with Crippen molar-refractivity contribution in [1.29, 1.82) is 0 Å². The maximum Gasteiger partial charge on any atom is 0.274 e. The van der Waals surface area contributed by atoms with Crippen LogP contribution in [0, 0.1) is 11.6 Å². The molecule has 2 amide bonds. The van der Waals surface area contributed by atoms with Crippen molar-refractivity contribution in [3.8, 4) is 5.75 Å². The van der Waals surface area contributed by atoms with Gasteiger partial charge in [0, 0.05) is 30.4 Å². The Morgan fingerprint density at radius 3 is 2.72 bits per heavy atom. The topological polar surface area (TPSA) is 118 Å². The minimum atomic E-state index is -1.08. The van der Waals surface area contributed by atoms with Gasteiger partial charge < -0.3 is 20.3 Å². The van der Waals surface area contributed by atoms with Crippen LogP contribution in [-0.4, -0.2) is 62.4 Å². The van der Waals surface area contributed by atoms with Gasteiger partial charge in [-0.15, -0.1) is 0 Å². The molecule has 192 valence electrons. The van der Waals surface area contributed by atoms with E-state index in [4.69, 9.17) is 10.6 Å². The van der Waals surface area contributed by atoms with Gasteiger partial charge in [-0.1, -0.05) is 6.07 Å². The number of benzene rings is 1. The molecular weight excluding hydrogens is 481 g/mol. The molecule has 3 aliphatic rings. The smallest absolute Gasteiger partial charge is 0.274 e. The van der Waals surface area contributed by atoms with Crippen LogP contribution in [0.25, 0.3) is 0 Å². The molecule has 1 unspecified atom stereocenters. The summed E-state index contributed by atoms with van der Waals surface area (Å²) in [6, 6.07) is 1.50. The third-order valence-electron chi connectivity index (χ3n) is 7.54. The van der Waals surface area contributed by atoms with Gasteiger partial charge in [0.25, 0.3) is 11.8 Å². The number of nitrogens with zero attached hydrogens (tertiary/aromatic N) is 3. The highest BCUT2D eigenvalue weighted by atomic mass is 19.1. The van der Waals surface area contributed by atoms with Gasteiger partial charge in [-0.25, -0.2) is 13.2 Å². The number of alkyl halides is 1. The lowest BCUT2D eigenvalue weighted by molar-refractivity contribution is -0.225. The van der Waals surface area contributed by atoms with Gasteiger partial charge >= 0.3 is 0 Å². The number of fused-ring (bicyclic) bond motifs is 5. The van der Waals surface area contributed by atoms with Gasteiger partial charge in [-0.05, 0) is 32.3 Å². The molecule has 36 heavy (non-hydrogen) atoms. The predicted octanol–water partition coefficient (Wildman–Crippen LogP) is 2.02. The van der Waals surface area contributed by atoms with E-state index >= 15 is 0 Å². The Morgan fingerprint density at radius 1 is 1.31 bits per heavy atom. The summed E-state index contributed by atoms with van der Waals surface area (Å²) in [5.74, 6) is -4.16. The van der Waals surface area contributed by atoms with Crippen molar-refractivity contribution in [2.75, 3.05) is 13.2 Å². The number of nitrogens with two attached hydrogens (primary N) is 1. The van der Waals surface area contributed by atoms with Gasteiger partial charge in [0.2, 0.25) is 5.43 Å². The molecule has 3 aliphatic heterocycles. The number of carbonyl (C=O) groups excluding carboxylic acids is 2. The molecule has 4 heterocycles. The number of aromatic hydroxyl groups is 1. The molecule has 1 aromatic carbocycles. The van der Waals surface area contributed by atoms with Crippen LogP contribution >= 0.6 is 0 Å². The number of halogens is 3.